The highest BCUT2D eigenvalue weighted by Crippen LogP contribution is 2.18. The number of nitrogens with zero attached hydrogens (tertiary/aromatic N) is 3. The van der Waals surface area contributed by atoms with Gasteiger partial charge in [0.15, 0.2) is 17.5 Å². The van der Waals surface area contributed by atoms with Gasteiger partial charge in [0.2, 0.25) is 0 Å². The number of carbonyl (C=O) groups excluding carboxylic acids is 2. The van der Waals surface area contributed by atoms with E-state index in [9.17, 15) is 14.7 Å². The van der Waals surface area contributed by atoms with Gasteiger partial charge in [-0.05, 0) is 43.3 Å². The third-order valence-electron chi connectivity index (χ3n) is 3.90. The zero-order valence-corrected chi connectivity index (χ0v) is 15.4. The van der Waals surface area contributed by atoms with Crippen molar-refractivity contribution in [1.82, 2.24) is 20.6 Å². The first-order valence-corrected chi connectivity index (χ1v) is 8.59. The van der Waals surface area contributed by atoms with Gasteiger partial charge < -0.3 is 9.84 Å². The summed E-state index contributed by atoms with van der Waals surface area (Å²) in [5, 5.41) is 22.8. The first-order chi connectivity index (χ1) is 14.0. The fraction of sp³-hybridized carbons (Fsp3) is 0.100. The van der Waals surface area contributed by atoms with Gasteiger partial charge in [0, 0.05) is 0 Å². The number of hydrazine groups is 1. The van der Waals surface area contributed by atoms with Crippen LogP contribution in [-0.4, -0.2) is 32.8 Å². The molecule has 0 spiro atoms. The minimum atomic E-state index is -0.918. The molecular weight excluding hydrogens is 374 g/mol. The first kappa shape index (κ1) is 19.4. The Morgan fingerprint density at radius 2 is 1.83 bits per heavy atom. The molecule has 3 rings (SSSR count). The lowest BCUT2D eigenvalue weighted by molar-refractivity contribution is -0.128. The monoisotopic (exact) mass is 391 g/mol. The van der Waals surface area contributed by atoms with E-state index in [1.54, 1.807) is 48.5 Å². The van der Waals surface area contributed by atoms with Crippen molar-refractivity contribution in [3.63, 3.8) is 0 Å². The molecule has 9 heteroatoms. The number of hydrogen-bond donors (Lipinski definition) is 3. The highest BCUT2D eigenvalue weighted by Gasteiger charge is 2.20. The van der Waals surface area contributed by atoms with Crippen molar-refractivity contribution >= 4 is 11.8 Å². The Hall–Kier alpha value is -4.32. The molecule has 0 aliphatic rings. The van der Waals surface area contributed by atoms with Gasteiger partial charge in [-0.25, -0.2) is 4.68 Å². The zero-order valence-electron chi connectivity index (χ0n) is 15.4. The van der Waals surface area contributed by atoms with Gasteiger partial charge in [0.25, 0.3) is 11.8 Å². The second kappa shape index (κ2) is 8.58. The van der Waals surface area contributed by atoms with Crippen LogP contribution in [0.4, 0.5) is 0 Å². The fourth-order valence-corrected chi connectivity index (χ4v) is 2.38. The van der Waals surface area contributed by atoms with E-state index in [1.807, 2.05) is 12.1 Å². The number of aromatic nitrogens is 2. The SMILES string of the molecule is CC(Oc1ccc(C#N)cc1)C(=O)NNC(=O)c1nn(-c2ccccc2)cc1O. The number of aromatic hydroxyl groups is 1. The largest absolute Gasteiger partial charge is 0.504 e. The molecule has 1 heterocycles. The third-order valence-corrected chi connectivity index (χ3v) is 3.90. The average molecular weight is 391 g/mol. The van der Waals surface area contributed by atoms with E-state index < -0.39 is 17.9 Å². The molecule has 29 heavy (non-hydrogen) atoms. The van der Waals surface area contributed by atoms with Crippen LogP contribution in [0.5, 0.6) is 11.5 Å². The number of para-hydroxylation sites is 1. The predicted octanol–water partition coefficient (Wildman–Crippen LogP) is 1.68. The van der Waals surface area contributed by atoms with Gasteiger partial charge in [-0.2, -0.15) is 10.4 Å². The van der Waals surface area contributed by atoms with E-state index in [0.717, 1.165) is 0 Å². The molecule has 3 aromatic rings. The molecule has 0 aliphatic heterocycles. The molecule has 0 radical (unpaired) electrons. The summed E-state index contributed by atoms with van der Waals surface area (Å²) in [5.74, 6) is -1.32. The van der Waals surface area contributed by atoms with Crippen molar-refractivity contribution < 1.29 is 19.4 Å². The van der Waals surface area contributed by atoms with Crippen LogP contribution in [0.15, 0.2) is 60.8 Å². The minimum Gasteiger partial charge on any atom is -0.504 e. The van der Waals surface area contributed by atoms with Crippen molar-refractivity contribution in [2.45, 2.75) is 13.0 Å². The summed E-state index contributed by atoms with van der Waals surface area (Å²) >= 11 is 0. The molecule has 0 aliphatic carbocycles. The number of amides is 2. The van der Waals surface area contributed by atoms with Crippen LogP contribution < -0.4 is 15.6 Å². The maximum Gasteiger partial charge on any atom is 0.294 e. The van der Waals surface area contributed by atoms with Gasteiger partial charge in [-0.1, -0.05) is 18.2 Å². The second-order valence-corrected chi connectivity index (χ2v) is 5.98. The molecule has 9 nitrogen and oxygen atoms in total. The van der Waals surface area contributed by atoms with Crippen molar-refractivity contribution in [3.8, 4) is 23.3 Å². The Labute approximate surface area is 166 Å². The van der Waals surface area contributed by atoms with E-state index in [0.29, 0.717) is 17.0 Å². The summed E-state index contributed by atoms with van der Waals surface area (Å²) in [6, 6.07) is 17.2. The Morgan fingerprint density at radius 1 is 1.14 bits per heavy atom. The van der Waals surface area contributed by atoms with Crippen molar-refractivity contribution in [2.75, 3.05) is 0 Å². The lowest BCUT2D eigenvalue weighted by atomic mass is 10.2. The molecule has 146 valence electrons. The summed E-state index contributed by atoms with van der Waals surface area (Å²) in [7, 11) is 0. The van der Waals surface area contributed by atoms with E-state index in [-0.39, 0.29) is 11.4 Å². The van der Waals surface area contributed by atoms with Crippen LogP contribution in [0, 0.1) is 11.3 Å². The third kappa shape index (κ3) is 4.70. The Balaban J connectivity index is 1.57. The molecule has 1 unspecified atom stereocenters. The van der Waals surface area contributed by atoms with E-state index in [4.69, 9.17) is 10.00 Å². The standard InChI is InChI=1S/C20H17N5O4/c1-13(29-16-9-7-14(11-21)8-10-16)19(27)22-23-20(28)18-17(26)12-25(24-18)15-5-3-2-4-6-15/h2-10,12-13,26H,1H3,(H,22,27)(H,23,28). The number of nitriles is 1. The molecule has 1 atom stereocenters. The lowest BCUT2D eigenvalue weighted by Gasteiger charge is -2.14. The predicted molar refractivity (Wildman–Crippen MR) is 102 cm³/mol. The number of rotatable bonds is 5. The quantitative estimate of drug-likeness (QED) is 0.568. The van der Waals surface area contributed by atoms with Crippen LogP contribution in [0.1, 0.15) is 23.0 Å². The molecule has 0 saturated heterocycles. The molecule has 2 aromatic carbocycles. The summed E-state index contributed by atoms with van der Waals surface area (Å²) in [6.07, 6.45) is 0.376. The van der Waals surface area contributed by atoms with Gasteiger partial charge >= 0.3 is 0 Å². The van der Waals surface area contributed by atoms with E-state index in [1.165, 1.54) is 17.8 Å². The average Bonchev–Trinajstić information content (AvgIpc) is 3.14. The normalized spacial score (nSPS) is 11.2. The summed E-state index contributed by atoms with van der Waals surface area (Å²) < 4.78 is 6.81. The molecule has 0 saturated carbocycles. The van der Waals surface area contributed by atoms with Crippen molar-refractivity contribution in [1.29, 1.82) is 5.26 Å². The maximum absolute atomic E-state index is 12.2. The molecule has 0 fully saturated rings. The number of ether oxygens (including phenoxy) is 1. The zero-order chi connectivity index (χ0) is 20.8. The molecule has 1 aromatic heterocycles. The van der Waals surface area contributed by atoms with Crippen LogP contribution >= 0.6 is 0 Å². The molecule has 2 amide bonds. The smallest absolute Gasteiger partial charge is 0.294 e. The summed E-state index contributed by atoms with van der Waals surface area (Å²) in [6.45, 7) is 1.50. The van der Waals surface area contributed by atoms with Crippen LogP contribution in [0.2, 0.25) is 0 Å². The molecule has 3 N–H and O–H groups in total. The minimum absolute atomic E-state index is 0.241. The molecule has 0 bridgehead atoms. The van der Waals surface area contributed by atoms with E-state index in [2.05, 4.69) is 16.0 Å². The van der Waals surface area contributed by atoms with Gasteiger partial charge in [0.1, 0.15) is 5.75 Å². The highest BCUT2D eigenvalue weighted by molar-refractivity contribution is 5.96. The highest BCUT2D eigenvalue weighted by atomic mass is 16.5. The summed E-state index contributed by atoms with van der Waals surface area (Å²) in [5.41, 5.74) is 5.31. The Kier molecular flexibility index (Phi) is 5.75. The van der Waals surface area contributed by atoms with Crippen LogP contribution in [0.3, 0.4) is 0 Å². The Morgan fingerprint density at radius 3 is 2.48 bits per heavy atom. The topological polar surface area (TPSA) is 129 Å². The number of benzene rings is 2. The first-order valence-electron chi connectivity index (χ1n) is 8.59. The van der Waals surface area contributed by atoms with Crippen molar-refractivity contribution in [2.24, 2.45) is 0 Å². The maximum atomic E-state index is 12.2. The van der Waals surface area contributed by atoms with Crippen LogP contribution in [-0.2, 0) is 4.79 Å². The van der Waals surface area contributed by atoms with Crippen molar-refractivity contribution in [3.05, 3.63) is 72.1 Å². The lowest BCUT2D eigenvalue weighted by Crippen LogP contribution is -2.47. The number of nitrogens with one attached hydrogen (secondary N) is 2. The second-order valence-electron chi connectivity index (χ2n) is 5.98. The van der Waals surface area contributed by atoms with Gasteiger partial charge in [-0.15, -0.1) is 0 Å². The van der Waals surface area contributed by atoms with Gasteiger partial charge in [0.05, 0.1) is 23.5 Å². The fourth-order valence-electron chi connectivity index (χ4n) is 2.38. The van der Waals surface area contributed by atoms with Crippen LogP contribution in [0.25, 0.3) is 5.69 Å². The Bertz CT molecular complexity index is 1050. The number of carbonyl (C=O) groups is 2. The van der Waals surface area contributed by atoms with E-state index >= 15 is 0 Å². The molecular formula is C20H17N5O4. The number of hydrogen-bond acceptors (Lipinski definition) is 6. The summed E-state index contributed by atoms with van der Waals surface area (Å²) in [4.78, 5) is 24.4. The van der Waals surface area contributed by atoms with Gasteiger partial charge in [-0.3, -0.25) is 20.4 Å².